The molecule has 0 bridgehead atoms. The molecule has 1 fully saturated rings. The molecular weight excluding hydrogens is 240 g/mol. The summed E-state index contributed by atoms with van der Waals surface area (Å²) in [6.07, 6.45) is 1.23. The second-order valence-electron chi connectivity index (χ2n) is 5.91. The molecule has 0 spiro atoms. The van der Waals surface area contributed by atoms with Gasteiger partial charge < -0.3 is 4.31 Å². The molecule has 0 N–H and O–H groups in total. The molecule has 1 aromatic carbocycles. The van der Waals surface area contributed by atoms with Gasteiger partial charge in [-0.1, -0.05) is 39.8 Å². The molecule has 0 saturated carbocycles. The van der Waals surface area contributed by atoms with Crippen molar-refractivity contribution in [2.24, 2.45) is 0 Å². The zero-order valence-electron chi connectivity index (χ0n) is 11.9. The Morgan fingerprint density at radius 3 is 2.33 bits per heavy atom. The first-order valence-corrected chi connectivity index (χ1v) is 7.55. The van der Waals surface area contributed by atoms with Gasteiger partial charge in [-0.3, -0.25) is 0 Å². The van der Waals surface area contributed by atoms with Crippen molar-refractivity contribution in [2.75, 3.05) is 23.9 Å². The van der Waals surface area contributed by atoms with Gasteiger partial charge in [-0.05, 0) is 29.5 Å². The van der Waals surface area contributed by atoms with Crippen LogP contribution >= 0.6 is 12.1 Å². The van der Waals surface area contributed by atoms with Crippen LogP contribution in [0.15, 0.2) is 24.3 Å². The average molecular weight is 264 g/mol. The first-order valence-electron chi connectivity index (χ1n) is 6.82. The van der Waals surface area contributed by atoms with Gasteiger partial charge >= 0.3 is 0 Å². The second kappa shape index (κ2) is 5.54. The molecule has 1 aromatic rings. The summed E-state index contributed by atoms with van der Waals surface area (Å²) in [7, 11) is 0. The molecule has 0 aromatic heterocycles. The largest absolute Gasteiger partial charge is 0.302 e. The summed E-state index contributed by atoms with van der Waals surface area (Å²) in [4.78, 5) is 0. The fraction of sp³-hybridized carbons (Fsp3) is 0.600. The van der Waals surface area contributed by atoms with Crippen molar-refractivity contribution >= 4 is 17.8 Å². The normalized spacial score (nSPS) is 17.4. The average Bonchev–Trinajstić information content (AvgIpc) is 2.77. The first kappa shape index (κ1) is 13.8. The van der Waals surface area contributed by atoms with Gasteiger partial charge in [0.15, 0.2) is 0 Å². The molecule has 3 heteroatoms. The number of benzene rings is 1. The second-order valence-corrected chi connectivity index (χ2v) is 7.03. The molecule has 18 heavy (non-hydrogen) atoms. The van der Waals surface area contributed by atoms with E-state index in [1.807, 2.05) is 12.1 Å². The highest BCUT2D eigenvalue weighted by Crippen LogP contribution is 2.32. The molecule has 1 aliphatic rings. The number of rotatable bonds is 3. The molecule has 0 atom stereocenters. The van der Waals surface area contributed by atoms with Crippen molar-refractivity contribution in [3.63, 3.8) is 0 Å². The van der Waals surface area contributed by atoms with Crippen molar-refractivity contribution in [1.29, 1.82) is 0 Å². The number of hydrogen-bond donors (Lipinski definition) is 0. The lowest BCUT2D eigenvalue weighted by Crippen LogP contribution is -2.13. The van der Waals surface area contributed by atoms with Crippen LogP contribution in [0.4, 0.5) is 5.69 Å². The third kappa shape index (κ3) is 3.21. The van der Waals surface area contributed by atoms with E-state index in [4.69, 9.17) is 0 Å². The van der Waals surface area contributed by atoms with E-state index in [-0.39, 0.29) is 5.41 Å². The highest BCUT2D eigenvalue weighted by molar-refractivity contribution is 7.98. The van der Waals surface area contributed by atoms with Gasteiger partial charge in [-0.25, -0.2) is 4.31 Å². The van der Waals surface area contributed by atoms with Crippen molar-refractivity contribution in [3.05, 3.63) is 29.8 Å². The van der Waals surface area contributed by atoms with Gasteiger partial charge in [0.25, 0.3) is 0 Å². The Morgan fingerprint density at radius 1 is 1.11 bits per heavy atom. The van der Waals surface area contributed by atoms with Gasteiger partial charge in [0.2, 0.25) is 0 Å². The Bertz CT molecular complexity index is 380. The molecule has 0 unspecified atom stereocenters. The van der Waals surface area contributed by atoms with E-state index in [1.54, 1.807) is 0 Å². The topological polar surface area (TPSA) is 6.48 Å². The highest BCUT2D eigenvalue weighted by atomic mass is 32.2. The molecule has 100 valence electrons. The van der Waals surface area contributed by atoms with Gasteiger partial charge in [0.1, 0.15) is 0 Å². The van der Waals surface area contributed by atoms with Crippen LogP contribution in [0, 0.1) is 0 Å². The molecule has 0 radical (unpaired) electrons. The van der Waals surface area contributed by atoms with Crippen molar-refractivity contribution < 1.29 is 0 Å². The standard InChI is InChI=1S/C15H24N2S/c1-5-10-16-11-12-17(18-16)14-8-6-13(7-9-14)15(2,3)4/h6-9H,5,10-12H2,1-4H3. The van der Waals surface area contributed by atoms with Crippen LogP contribution in [0.5, 0.6) is 0 Å². The zero-order chi connectivity index (χ0) is 13.2. The SMILES string of the molecule is CCCN1CCN(c2ccc(C(C)(C)C)cc2)S1. The number of hydrogen-bond acceptors (Lipinski definition) is 3. The molecule has 2 rings (SSSR count). The van der Waals surface area contributed by atoms with E-state index in [9.17, 15) is 0 Å². The van der Waals surface area contributed by atoms with Gasteiger partial charge in [0.05, 0.1) is 0 Å². The summed E-state index contributed by atoms with van der Waals surface area (Å²) in [5.41, 5.74) is 2.97. The summed E-state index contributed by atoms with van der Waals surface area (Å²) in [6.45, 7) is 12.5. The van der Waals surface area contributed by atoms with E-state index in [1.165, 1.54) is 30.8 Å². The quantitative estimate of drug-likeness (QED) is 0.760. The third-order valence-corrected chi connectivity index (χ3v) is 4.45. The van der Waals surface area contributed by atoms with Gasteiger partial charge in [-0.15, -0.1) is 0 Å². The fourth-order valence-electron chi connectivity index (χ4n) is 2.13. The van der Waals surface area contributed by atoms with Crippen molar-refractivity contribution in [2.45, 2.75) is 39.5 Å². The summed E-state index contributed by atoms with van der Waals surface area (Å²) in [6, 6.07) is 9.03. The lowest BCUT2D eigenvalue weighted by atomic mass is 9.87. The van der Waals surface area contributed by atoms with E-state index >= 15 is 0 Å². The maximum Gasteiger partial charge on any atom is 0.0482 e. The summed E-state index contributed by atoms with van der Waals surface area (Å²) < 4.78 is 4.83. The molecule has 1 aliphatic heterocycles. The van der Waals surface area contributed by atoms with E-state index < -0.39 is 0 Å². The van der Waals surface area contributed by atoms with Crippen LogP contribution in [0.1, 0.15) is 39.7 Å². The minimum absolute atomic E-state index is 0.241. The van der Waals surface area contributed by atoms with Crippen molar-refractivity contribution in [1.82, 2.24) is 4.31 Å². The Hall–Kier alpha value is -0.670. The Morgan fingerprint density at radius 2 is 1.78 bits per heavy atom. The Kier molecular flexibility index (Phi) is 4.23. The molecule has 1 heterocycles. The summed E-state index contributed by atoms with van der Waals surface area (Å²) in [5, 5.41) is 0. The Labute approximate surface area is 116 Å². The zero-order valence-corrected chi connectivity index (χ0v) is 12.8. The van der Waals surface area contributed by atoms with Gasteiger partial charge in [-0.2, -0.15) is 0 Å². The van der Waals surface area contributed by atoms with E-state index in [0.29, 0.717) is 0 Å². The fourth-order valence-corrected chi connectivity index (χ4v) is 3.21. The third-order valence-electron chi connectivity index (χ3n) is 3.26. The van der Waals surface area contributed by atoms with Gasteiger partial charge in [0, 0.05) is 37.5 Å². The Balaban J connectivity index is 2.03. The lowest BCUT2D eigenvalue weighted by molar-refractivity contribution is 0.504. The molecular formula is C15H24N2S. The van der Waals surface area contributed by atoms with E-state index in [2.05, 4.69) is 60.6 Å². The van der Waals surface area contributed by atoms with Crippen LogP contribution in [0.2, 0.25) is 0 Å². The van der Waals surface area contributed by atoms with Crippen LogP contribution in [0.25, 0.3) is 0 Å². The van der Waals surface area contributed by atoms with Crippen LogP contribution < -0.4 is 4.31 Å². The van der Waals surface area contributed by atoms with Crippen LogP contribution in [-0.4, -0.2) is 23.9 Å². The molecule has 0 amide bonds. The maximum atomic E-state index is 2.44. The minimum Gasteiger partial charge on any atom is -0.302 e. The van der Waals surface area contributed by atoms with Crippen molar-refractivity contribution in [3.8, 4) is 0 Å². The molecule has 2 nitrogen and oxygen atoms in total. The summed E-state index contributed by atoms with van der Waals surface area (Å²) >= 11 is 1.87. The highest BCUT2D eigenvalue weighted by Gasteiger charge is 2.21. The maximum absolute atomic E-state index is 2.44. The predicted molar refractivity (Wildman–Crippen MR) is 81.9 cm³/mol. The smallest absolute Gasteiger partial charge is 0.0482 e. The van der Waals surface area contributed by atoms with E-state index in [0.717, 1.165) is 6.54 Å². The predicted octanol–water partition coefficient (Wildman–Crippen LogP) is 4.08. The monoisotopic (exact) mass is 264 g/mol. The summed E-state index contributed by atoms with van der Waals surface area (Å²) in [5.74, 6) is 0. The molecule has 1 saturated heterocycles. The lowest BCUT2D eigenvalue weighted by Gasteiger charge is -2.21. The first-order chi connectivity index (χ1) is 8.50. The van der Waals surface area contributed by atoms with Crippen LogP contribution in [-0.2, 0) is 5.41 Å². The minimum atomic E-state index is 0.241. The van der Waals surface area contributed by atoms with Crippen LogP contribution in [0.3, 0.4) is 0 Å². The number of nitrogens with zero attached hydrogens (tertiary/aromatic N) is 2. The number of anilines is 1. The molecule has 0 aliphatic carbocycles.